The summed E-state index contributed by atoms with van der Waals surface area (Å²) >= 11 is 0. The summed E-state index contributed by atoms with van der Waals surface area (Å²) in [7, 11) is 1.68. The van der Waals surface area contributed by atoms with E-state index < -0.39 is 5.82 Å². The van der Waals surface area contributed by atoms with Crippen LogP contribution in [0.5, 0.6) is 5.75 Å². The Kier molecular flexibility index (Phi) is 4.93. The Bertz CT molecular complexity index is 628. The third-order valence-electron chi connectivity index (χ3n) is 3.20. The van der Waals surface area contributed by atoms with E-state index >= 15 is 0 Å². The number of likely N-dealkylation sites (N-methyl/N-ethyl adjacent to an activating group) is 1. The van der Waals surface area contributed by atoms with E-state index in [1.54, 1.807) is 13.1 Å². The number of hydrogen-bond acceptors (Lipinski definition) is 2. The van der Waals surface area contributed by atoms with Gasteiger partial charge in [-0.3, -0.25) is 4.79 Å². The molecule has 110 valence electrons. The predicted octanol–water partition coefficient (Wildman–Crippen LogP) is 3.29. The molecule has 1 amide bonds. The van der Waals surface area contributed by atoms with Gasteiger partial charge in [-0.1, -0.05) is 24.3 Å². The number of rotatable bonds is 5. The molecule has 0 aliphatic rings. The molecule has 0 aromatic heterocycles. The molecule has 0 aliphatic carbocycles. The van der Waals surface area contributed by atoms with Gasteiger partial charge in [-0.25, -0.2) is 4.39 Å². The van der Waals surface area contributed by atoms with Gasteiger partial charge in [-0.2, -0.15) is 0 Å². The first kappa shape index (κ1) is 15.0. The molecule has 3 nitrogen and oxygen atoms in total. The molecule has 0 spiro atoms. The second-order valence-electron chi connectivity index (χ2n) is 4.85. The van der Waals surface area contributed by atoms with E-state index in [4.69, 9.17) is 4.74 Å². The molecular weight excluding hydrogens is 269 g/mol. The van der Waals surface area contributed by atoms with Crippen molar-refractivity contribution < 1.29 is 13.9 Å². The van der Waals surface area contributed by atoms with Crippen LogP contribution in [0, 0.1) is 12.7 Å². The second-order valence-corrected chi connectivity index (χ2v) is 4.85. The summed E-state index contributed by atoms with van der Waals surface area (Å²) in [5.41, 5.74) is 1.39. The highest BCUT2D eigenvalue weighted by molar-refractivity contribution is 5.94. The van der Waals surface area contributed by atoms with Gasteiger partial charge in [0, 0.05) is 12.6 Å². The van der Waals surface area contributed by atoms with Gasteiger partial charge in [0.15, 0.2) is 0 Å². The minimum absolute atomic E-state index is 0.220. The minimum atomic E-state index is -0.412. The van der Waals surface area contributed by atoms with Crippen molar-refractivity contribution in [1.82, 2.24) is 4.90 Å². The lowest BCUT2D eigenvalue weighted by Crippen LogP contribution is -2.31. The zero-order chi connectivity index (χ0) is 15.2. The van der Waals surface area contributed by atoms with Crippen molar-refractivity contribution in [3.05, 3.63) is 65.5 Å². The van der Waals surface area contributed by atoms with E-state index in [2.05, 4.69) is 0 Å². The number of hydrogen-bond donors (Lipinski definition) is 0. The topological polar surface area (TPSA) is 29.5 Å². The average Bonchev–Trinajstić information content (AvgIpc) is 2.48. The van der Waals surface area contributed by atoms with Gasteiger partial charge in [0.1, 0.15) is 18.2 Å². The average molecular weight is 287 g/mol. The van der Waals surface area contributed by atoms with Crippen LogP contribution >= 0.6 is 0 Å². The van der Waals surface area contributed by atoms with Crippen molar-refractivity contribution in [3.63, 3.8) is 0 Å². The molecule has 0 radical (unpaired) electrons. The van der Waals surface area contributed by atoms with Gasteiger partial charge in [0.2, 0.25) is 0 Å². The number of carbonyl (C=O) groups excluding carboxylic acids is 1. The number of halogens is 1. The van der Waals surface area contributed by atoms with Crippen molar-refractivity contribution in [3.8, 4) is 5.75 Å². The third kappa shape index (κ3) is 4.05. The molecular formula is C17H18FNO2. The SMILES string of the molecule is Cc1ccccc1OCCN(C)C(=O)c1cccc(F)c1. The van der Waals surface area contributed by atoms with Gasteiger partial charge in [-0.15, -0.1) is 0 Å². The van der Waals surface area contributed by atoms with Gasteiger partial charge in [0.25, 0.3) is 5.91 Å². The highest BCUT2D eigenvalue weighted by atomic mass is 19.1. The Hall–Kier alpha value is -2.36. The van der Waals surface area contributed by atoms with Crippen LogP contribution in [0.15, 0.2) is 48.5 Å². The molecule has 0 atom stereocenters. The molecule has 0 heterocycles. The lowest BCUT2D eigenvalue weighted by molar-refractivity contribution is 0.0773. The van der Waals surface area contributed by atoms with Crippen LogP contribution in [0.25, 0.3) is 0 Å². The quantitative estimate of drug-likeness (QED) is 0.844. The number of carbonyl (C=O) groups is 1. The standard InChI is InChI=1S/C17H18FNO2/c1-13-6-3-4-9-16(13)21-11-10-19(2)17(20)14-7-5-8-15(18)12-14/h3-9,12H,10-11H2,1-2H3. The Balaban J connectivity index is 1.89. The molecule has 0 fully saturated rings. The molecule has 0 saturated heterocycles. The van der Waals surface area contributed by atoms with Crippen molar-refractivity contribution in [2.45, 2.75) is 6.92 Å². The van der Waals surface area contributed by atoms with Crippen molar-refractivity contribution in [2.24, 2.45) is 0 Å². The van der Waals surface area contributed by atoms with Crippen LogP contribution in [0.1, 0.15) is 15.9 Å². The van der Waals surface area contributed by atoms with E-state index in [-0.39, 0.29) is 5.91 Å². The number of nitrogens with zero attached hydrogens (tertiary/aromatic N) is 1. The lowest BCUT2D eigenvalue weighted by atomic mass is 10.2. The van der Waals surface area contributed by atoms with Crippen LogP contribution in [-0.2, 0) is 0 Å². The first-order chi connectivity index (χ1) is 10.1. The van der Waals surface area contributed by atoms with Crippen LogP contribution in [0.3, 0.4) is 0 Å². The van der Waals surface area contributed by atoms with E-state index in [0.717, 1.165) is 11.3 Å². The number of ether oxygens (including phenoxy) is 1. The fourth-order valence-corrected chi connectivity index (χ4v) is 1.95. The molecule has 0 aliphatic heterocycles. The number of aryl methyl sites for hydroxylation is 1. The summed E-state index contributed by atoms with van der Waals surface area (Å²) < 4.78 is 18.8. The molecule has 0 saturated carbocycles. The summed E-state index contributed by atoms with van der Waals surface area (Å²) in [4.78, 5) is 13.6. The Morgan fingerprint density at radius 3 is 2.67 bits per heavy atom. The van der Waals surface area contributed by atoms with Gasteiger partial charge in [-0.05, 0) is 36.8 Å². The molecule has 2 aromatic carbocycles. The fraction of sp³-hybridized carbons (Fsp3) is 0.235. The van der Waals surface area contributed by atoms with E-state index in [1.807, 2.05) is 31.2 Å². The van der Waals surface area contributed by atoms with Gasteiger partial charge >= 0.3 is 0 Å². The van der Waals surface area contributed by atoms with Gasteiger partial charge in [0.05, 0.1) is 6.54 Å². The summed E-state index contributed by atoms with van der Waals surface area (Å²) in [5.74, 6) is 0.178. The second kappa shape index (κ2) is 6.88. The Labute approximate surface area is 124 Å². The van der Waals surface area contributed by atoms with Crippen molar-refractivity contribution >= 4 is 5.91 Å². The van der Waals surface area contributed by atoms with Crippen LogP contribution < -0.4 is 4.74 Å². The third-order valence-corrected chi connectivity index (χ3v) is 3.20. The summed E-state index contributed by atoms with van der Waals surface area (Å²) in [6.45, 7) is 2.79. The van der Waals surface area contributed by atoms with Crippen molar-refractivity contribution in [1.29, 1.82) is 0 Å². The molecule has 4 heteroatoms. The predicted molar refractivity (Wildman–Crippen MR) is 80.0 cm³/mol. The number of amides is 1. The molecule has 0 bridgehead atoms. The van der Waals surface area contributed by atoms with Crippen LogP contribution in [0.2, 0.25) is 0 Å². The Morgan fingerprint density at radius 2 is 1.95 bits per heavy atom. The summed E-state index contributed by atoms with van der Waals surface area (Å²) in [5, 5.41) is 0. The molecule has 0 N–H and O–H groups in total. The lowest BCUT2D eigenvalue weighted by Gasteiger charge is -2.18. The van der Waals surface area contributed by atoms with E-state index in [9.17, 15) is 9.18 Å². The molecule has 0 unspecified atom stereocenters. The molecule has 2 rings (SSSR count). The minimum Gasteiger partial charge on any atom is -0.491 e. The maximum atomic E-state index is 13.1. The number of para-hydroxylation sites is 1. The maximum absolute atomic E-state index is 13.1. The zero-order valence-electron chi connectivity index (χ0n) is 12.2. The summed E-state index contributed by atoms with van der Waals surface area (Å²) in [6, 6.07) is 13.4. The molecule has 2 aromatic rings. The number of benzene rings is 2. The van der Waals surface area contributed by atoms with E-state index in [1.165, 1.54) is 23.1 Å². The highest BCUT2D eigenvalue weighted by Gasteiger charge is 2.12. The first-order valence-electron chi connectivity index (χ1n) is 6.77. The first-order valence-corrected chi connectivity index (χ1v) is 6.77. The van der Waals surface area contributed by atoms with E-state index in [0.29, 0.717) is 18.7 Å². The zero-order valence-corrected chi connectivity index (χ0v) is 12.2. The maximum Gasteiger partial charge on any atom is 0.253 e. The summed E-state index contributed by atoms with van der Waals surface area (Å²) in [6.07, 6.45) is 0. The largest absolute Gasteiger partial charge is 0.491 e. The smallest absolute Gasteiger partial charge is 0.253 e. The monoisotopic (exact) mass is 287 g/mol. The molecule has 21 heavy (non-hydrogen) atoms. The fourth-order valence-electron chi connectivity index (χ4n) is 1.95. The van der Waals surface area contributed by atoms with Crippen molar-refractivity contribution in [2.75, 3.05) is 20.2 Å². The Morgan fingerprint density at radius 1 is 1.19 bits per heavy atom. The normalized spacial score (nSPS) is 10.2. The van der Waals surface area contributed by atoms with Crippen LogP contribution in [0.4, 0.5) is 4.39 Å². The van der Waals surface area contributed by atoms with Gasteiger partial charge < -0.3 is 9.64 Å². The van der Waals surface area contributed by atoms with Crippen LogP contribution in [-0.4, -0.2) is 31.0 Å². The highest BCUT2D eigenvalue weighted by Crippen LogP contribution is 2.16.